The molecule has 8 heteroatoms. The Morgan fingerprint density at radius 3 is 1.43 bits per heavy atom. The number of nitrogens with zero attached hydrogens (tertiary/aromatic N) is 4. The molecule has 0 spiro atoms. The molecule has 0 radical (unpaired) electrons. The number of benzene rings is 4. The van der Waals surface area contributed by atoms with E-state index in [1.54, 1.807) is 0 Å². The van der Waals surface area contributed by atoms with Gasteiger partial charge in [-0.05, 0) is 112 Å². The van der Waals surface area contributed by atoms with Gasteiger partial charge in [-0.3, -0.25) is 14.5 Å². The highest BCUT2D eigenvalue weighted by atomic mass is 16.2. The van der Waals surface area contributed by atoms with Crippen molar-refractivity contribution >= 4 is 73.3 Å². The first kappa shape index (κ1) is 41.0. The maximum Gasteiger partial charge on any atom is 0.335 e. The van der Waals surface area contributed by atoms with Gasteiger partial charge < -0.3 is 14.9 Å². The van der Waals surface area contributed by atoms with E-state index in [0.717, 1.165) is 52.4 Å². The number of nitrogens with two attached hydrogens (primary N) is 1. The van der Waals surface area contributed by atoms with Crippen molar-refractivity contribution in [1.82, 2.24) is 18.9 Å². The second-order valence-electron chi connectivity index (χ2n) is 17.2. The van der Waals surface area contributed by atoms with E-state index in [4.69, 9.17) is 5.73 Å². The molecule has 310 valence electrons. The van der Waals surface area contributed by atoms with E-state index in [1.165, 1.54) is 48.3 Å². The molecule has 2 aromatic heterocycles. The molecule has 3 unspecified atom stereocenters. The second-order valence-corrected chi connectivity index (χ2v) is 17.2. The molecule has 8 nitrogen and oxygen atoms in total. The van der Waals surface area contributed by atoms with Gasteiger partial charge in [0.1, 0.15) is 5.57 Å². The topological polar surface area (TPSA) is 93.6 Å². The van der Waals surface area contributed by atoms with Gasteiger partial charge in [-0.25, -0.2) is 9.69 Å². The molecule has 1 saturated carbocycles. The van der Waals surface area contributed by atoms with Gasteiger partial charge in [-0.2, -0.15) is 0 Å². The van der Waals surface area contributed by atoms with Crippen LogP contribution >= 0.6 is 0 Å². The van der Waals surface area contributed by atoms with Crippen molar-refractivity contribution in [3.05, 3.63) is 118 Å². The van der Waals surface area contributed by atoms with Crippen molar-refractivity contribution in [3.63, 3.8) is 0 Å². The van der Waals surface area contributed by atoms with E-state index in [1.807, 2.05) is 20.8 Å². The van der Waals surface area contributed by atoms with Crippen LogP contribution in [0.2, 0.25) is 0 Å². The van der Waals surface area contributed by atoms with Gasteiger partial charge in [-0.15, -0.1) is 0 Å². The Hall–Kier alpha value is -5.73. The van der Waals surface area contributed by atoms with Gasteiger partial charge in [-0.1, -0.05) is 113 Å². The van der Waals surface area contributed by atoms with E-state index >= 15 is 0 Å². The molecule has 60 heavy (non-hydrogen) atoms. The van der Waals surface area contributed by atoms with E-state index < -0.39 is 30.1 Å². The highest BCUT2D eigenvalue weighted by molar-refractivity contribution is 6.30. The average Bonchev–Trinajstić information content (AvgIpc) is 3.88. The summed E-state index contributed by atoms with van der Waals surface area (Å²) in [6.07, 6.45) is 14.3. The Morgan fingerprint density at radius 1 is 0.567 bits per heavy atom. The predicted molar refractivity (Wildman–Crippen MR) is 247 cm³/mol. The number of allylic oxidation sites excluding steroid dienone is 5. The summed E-state index contributed by atoms with van der Waals surface area (Å²) in [6, 6.07) is 25.3. The van der Waals surface area contributed by atoms with Gasteiger partial charge >= 0.3 is 6.03 Å². The highest BCUT2D eigenvalue weighted by Gasteiger charge is 2.47. The molecule has 1 aliphatic heterocycles. The Bertz CT molecular complexity index is 2700. The zero-order valence-electron chi connectivity index (χ0n) is 36.3. The zero-order chi connectivity index (χ0) is 42.4. The van der Waals surface area contributed by atoms with Gasteiger partial charge in [0.2, 0.25) is 0 Å². The van der Waals surface area contributed by atoms with Crippen LogP contribution in [0.1, 0.15) is 112 Å². The van der Waals surface area contributed by atoms with Crippen molar-refractivity contribution in [2.45, 2.75) is 124 Å². The summed E-state index contributed by atoms with van der Waals surface area (Å²) < 4.78 is 4.90. The van der Waals surface area contributed by atoms with Crippen molar-refractivity contribution in [2.75, 3.05) is 0 Å². The first-order valence-corrected chi connectivity index (χ1v) is 22.2. The van der Waals surface area contributed by atoms with E-state index in [2.05, 4.69) is 134 Å². The third kappa shape index (κ3) is 6.79. The largest absolute Gasteiger partial charge is 0.338 e. The highest BCUT2D eigenvalue weighted by Crippen LogP contribution is 2.41. The third-order valence-electron chi connectivity index (χ3n) is 12.8. The van der Waals surface area contributed by atoms with E-state index in [-0.39, 0.29) is 17.7 Å². The average molecular weight is 802 g/mol. The molecule has 2 fully saturated rings. The summed E-state index contributed by atoms with van der Waals surface area (Å²) >= 11 is 0. The summed E-state index contributed by atoms with van der Waals surface area (Å²) in [5, 5.41) is 9.42. The molecule has 1 aliphatic carbocycles. The van der Waals surface area contributed by atoms with Crippen LogP contribution in [0.25, 0.3) is 55.5 Å². The lowest BCUT2D eigenvalue weighted by molar-refractivity contribution is -0.138. The molecule has 3 atom stereocenters. The number of carbonyl (C=O) groups excluding carboxylic acids is 3. The molecule has 8 rings (SSSR count). The fourth-order valence-corrected chi connectivity index (χ4v) is 10.1. The van der Waals surface area contributed by atoms with Crippen molar-refractivity contribution in [2.24, 2.45) is 5.73 Å². The van der Waals surface area contributed by atoms with Crippen LogP contribution in [0.5, 0.6) is 0 Å². The van der Waals surface area contributed by atoms with Crippen LogP contribution < -0.4 is 16.4 Å². The minimum atomic E-state index is -0.859. The number of hydrogen-bond acceptors (Lipinski definition) is 4. The normalized spacial score (nSPS) is 19.1. The van der Waals surface area contributed by atoms with Gasteiger partial charge in [0.25, 0.3) is 11.8 Å². The number of rotatable bonds is 12. The Labute approximate surface area is 353 Å². The van der Waals surface area contributed by atoms with Crippen molar-refractivity contribution in [1.29, 1.82) is 0 Å². The SMILES string of the molecule is CCCC(N)N1C(=O)C(=C2/C(=C/C=c3\c4cccc5cccc(c54)n3C(C)CCC)CC/C2=C\C=c2/c3cccc4cccc(c43)n2C(C)CCC)C(=O)N(C(C)C)C1=O. The molecule has 2 N–H and O–H groups in total. The number of urea groups is 1. The molecule has 4 amide bonds. The number of imide groups is 2. The van der Waals surface area contributed by atoms with Crippen LogP contribution in [-0.4, -0.2) is 49.0 Å². The number of barbiturate groups is 1. The lowest BCUT2D eigenvalue weighted by atomic mass is 9.94. The Kier molecular flexibility index (Phi) is 11.4. The molecule has 4 aromatic carbocycles. The van der Waals surface area contributed by atoms with Crippen LogP contribution in [0.15, 0.2) is 107 Å². The summed E-state index contributed by atoms with van der Waals surface area (Å²) in [6.45, 7) is 14.6. The van der Waals surface area contributed by atoms with Crippen LogP contribution in [0, 0.1) is 0 Å². The first-order valence-electron chi connectivity index (χ1n) is 22.2. The molecule has 3 heterocycles. The number of carbonyl (C=O) groups is 3. The first-order chi connectivity index (χ1) is 29.0. The molecular formula is C52H59N5O3. The fraction of sp³-hybridized carbons (Fsp3) is 0.365. The lowest BCUT2D eigenvalue weighted by Gasteiger charge is -2.39. The molecule has 1 saturated heterocycles. The van der Waals surface area contributed by atoms with Gasteiger partial charge in [0.05, 0.1) is 6.17 Å². The zero-order valence-corrected chi connectivity index (χ0v) is 36.3. The quantitative estimate of drug-likeness (QED) is 0.0985. The Morgan fingerprint density at radius 2 is 1.00 bits per heavy atom. The van der Waals surface area contributed by atoms with E-state index in [9.17, 15) is 14.4 Å². The summed E-state index contributed by atoms with van der Waals surface area (Å²) in [4.78, 5) is 45.9. The maximum absolute atomic E-state index is 14.8. The lowest BCUT2D eigenvalue weighted by Crippen LogP contribution is -2.63. The summed E-state index contributed by atoms with van der Waals surface area (Å²) in [5.74, 6) is -1.19. The van der Waals surface area contributed by atoms with Gasteiger partial charge in [0, 0.05) is 61.4 Å². The number of hydrogen-bond donors (Lipinski definition) is 1. The molecule has 0 bridgehead atoms. The van der Waals surface area contributed by atoms with Crippen molar-refractivity contribution in [3.8, 4) is 0 Å². The Balaban J connectivity index is 1.41. The minimum absolute atomic E-state index is 0.0164. The standard InChI is InChI=1S/C52H59N5O3/c1-8-15-33(6)55-41(39-22-11-18-35-20-13-24-43(55)47(35)39)30-28-37-26-27-38(46(37)49-50(58)54(32(4)5)52(60)57(51(49)59)45(53)17-10-3)29-31-42-40-23-12-19-36-21-14-25-44(48(36)40)56(42)34(7)16-9-2/h11-14,18-25,28-34,45H,8-10,15-17,26-27,53H2,1-7H3/b37-28+,38-29+,41-30+,42-31+,49-46?. The third-order valence-corrected chi connectivity index (χ3v) is 12.8. The van der Waals surface area contributed by atoms with E-state index in [0.29, 0.717) is 31.3 Å². The summed E-state index contributed by atoms with van der Waals surface area (Å²) in [5.41, 5.74) is 11.4. The predicted octanol–water partition coefficient (Wildman–Crippen LogP) is 10.6. The summed E-state index contributed by atoms with van der Waals surface area (Å²) in [7, 11) is 0. The maximum atomic E-state index is 14.8. The van der Waals surface area contributed by atoms with Crippen LogP contribution in [0.3, 0.4) is 0 Å². The smallest absolute Gasteiger partial charge is 0.335 e. The molecule has 2 aliphatic rings. The molecule has 6 aromatic rings. The van der Waals surface area contributed by atoms with Crippen LogP contribution in [-0.2, 0) is 9.59 Å². The van der Waals surface area contributed by atoms with Crippen LogP contribution in [0.4, 0.5) is 4.79 Å². The second kappa shape index (κ2) is 16.7. The van der Waals surface area contributed by atoms with Crippen molar-refractivity contribution < 1.29 is 14.4 Å². The number of aromatic nitrogens is 2. The number of amides is 4. The van der Waals surface area contributed by atoms with Gasteiger partial charge in [0.15, 0.2) is 0 Å². The fourth-order valence-electron chi connectivity index (χ4n) is 10.1. The minimum Gasteiger partial charge on any atom is -0.338 e. The molecular weight excluding hydrogens is 743 g/mol. The monoisotopic (exact) mass is 801 g/mol.